The predicted octanol–water partition coefficient (Wildman–Crippen LogP) is 3.83. The second-order valence-corrected chi connectivity index (χ2v) is 6.82. The highest BCUT2D eigenvalue weighted by Gasteiger charge is 2.44. The van der Waals surface area contributed by atoms with Crippen LogP contribution in [0.3, 0.4) is 0 Å². The first kappa shape index (κ1) is 18.4. The van der Waals surface area contributed by atoms with Crippen molar-refractivity contribution in [3.63, 3.8) is 0 Å². The number of hydrogen-bond donors (Lipinski definition) is 1. The molecule has 3 rings (SSSR count). The standard InChI is InChI=1S/C20H22ClNO4/c1-24-16-9-13(10-17(25-2)18(16)26-3)19(23)22-12-20(7-8-20)14-5-4-6-15(21)11-14/h4-6,9-11H,7-8,12H2,1-3H3,(H,22,23). The zero-order chi connectivity index (χ0) is 18.7. The van der Waals surface area contributed by atoms with Gasteiger partial charge in [-0.05, 0) is 42.7 Å². The number of benzene rings is 2. The molecule has 0 spiro atoms. The minimum absolute atomic E-state index is 0.0266. The van der Waals surface area contributed by atoms with Gasteiger partial charge >= 0.3 is 0 Å². The molecule has 1 saturated carbocycles. The highest BCUT2D eigenvalue weighted by molar-refractivity contribution is 6.30. The van der Waals surface area contributed by atoms with Crippen molar-refractivity contribution in [2.24, 2.45) is 0 Å². The lowest BCUT2D eigenvalue weighted by Crippen LogP contribution is -2.32. The Balaban J connectivity index is 1.76. The molecule has 1 aliphatic carbocycles. The molecule has 6 heteroatoms. The molecule has 0 radical (unpaired) electrons. The van der Waals surface area contributed by atoms with Gasteiger partial charge in [-0.25, -0.2) is 0 Å². The molecule has 0 atom stereocenters. The van der Waals surface area contributed by atoms with Gasteiger partial charge in [-0.2, -0.15) is 0 Å². The lowest BCUT2D eigenvalue weighted by Gasteiger charge is -2.18. The first-order valence-corrected chi connectivity index (χ1v) is 8.75. The molecule has 0 saturated heterocycles. The Morgan fingerprint density at radius 3 is 2.23 bits per heavy atom. The van der Waals surface area contributed by atoms with E-state index in [9.17, 15) is 4.79 Å². The third kappa shape index (κ3) is 3.58. The fourth-order valence-corrected chi connectivity index (χ4v) is 3.29. The van der Waals surface area contributed by atoms with E-state index in [-0.39, 0.29) is 11.3 Å². The molecule has 2 aromatic rings. The van der Waals surface area contributed by atoms with Gasteiger partial charge in [0.05, 0.1) is 21.3 Å². The third-order valence-corrected chi connectivity index (χ3v) is 5.04. The van der Waals surface area contributed by atoms with E-state index in [4.69, 9.17) is 25.8 Å². The fourth-order valence-electron chi connectivity index (χ4n) is 3.10. The topological polar surface area (TPSA) is 56.8 Å². The number of ether oxygens (including phenoxy) is 3. The maximum atomic E-state index is 12.7. The first-order valence-electron chi connectivity index (χ1n) is 8.37. The maximum Gasteiger partial charge on any atom is 0.251 e. The minimum atomic E-state index is -0.183. The van der Waals surface area contributed by atoms with Gasteiger partial charge in [0.15, 0.2) is 11.5 Å². The first-order chi connectivity index (χ1) is 12.5. The number of nitrogens with one attached hydrogen (secondary N) is 1. The summed E-state index contributed by atoms with van der Waals surface area (Å²) in [5.41, 5.74) is 1.60. The number of amides is 1. The molecule has 0 bridgehead atoms. The van der Waals surface area contributed by atoms with Gasteiger partial charge in [-0.1, -0.05) is 23.7 Å². The van der Waals surface area contributed by atoms with Crippen LogP contribution in [0.4, 0.5) is 0 Å². The molecular weight excluding hydrogens is 354 g/mol. The Hall–Kier alpha value is -2.40. The second kappa shape index (κ2) is 7.46. The van der Waals surface area contributed by atoms with Gasteiger partial charge in [0.2, 0.25) is 5.75 Å². The van der Waals surface area contributed by atoms with Gasteiger partial charge in [-0.15, -0.1) is 0 Å². The largest absolute Gasteiger partial charge is 0.493 e. The summed E-state index contributed by atoms with van der Waals surface area (Å²) < 4.78 is 15.9. The molecule has 0 aromatic heterocycles. The van der Waals surface area contributed by atoms with Gasteiger partial charge in [0.1, 0.15) is 0 Å². The van der Waals surface area contributed by atoms with Crippen LogP contribution in [0.1, 0.15) is 28.8 Å². The summed E-state index contributed by atoms with van der Waals surface area (Å²) in [4.78, 5) is 12.7. The summed E-state index contributed by atoms with van der Waals surface area (Å²) in [6.45, 7) is 0.558. The van der Waals surface area contributed by atoms with Crippen molar-refractivity contribution in [1.29, 1.82) is 0 Å². The van der Waals surface area contributed by atoms with Crippen molar-refractivity contribution in [1.82, 2.24) is 5.32 Å². The van der Waals surface area contributed by atoms with Gasteiger partial charge < -0.3 is 19.5 Å². The SMILES string of the molecule is COc1cc(C(=O)NCC2(c3cccc(Cl)c3)CC2)cc(OC)c1OC. The molecule has 5 nitrogen and oxygen atoms in total. The number of carbonyl (C=O) groups excluding carboxylic acids is 1. The van der Waals surface area contributed by atoms with Crippen LogP contribution in [0.15, 0.2) is 36.4 Å². The Kier molecular flexibility index (Phi) is 5.28. The van der Waals surface area contributed by atoms with E-state index in [1.807, 2.05) is 18.2 Å². The van der Waals surface area contributed by atoms with E-state index in [2.05, 4.69) is 11.4 Å². The van der Waals surface area contributed by atoms with Crippen LogP contribution in [0.5, 0.6) is 17.2 Å². The van der Waals surface area contributed by atoms with E-state index in [0.717, 1.165) is 18.4 Å². The van der Waals surface area contributed by atoms with Crippen molar-refractivity contribution < 1.29 is 19.0 Å². The minimum Gasteiger partial charge on any atom is -0.493 e. The summed E-state index contributed by atoms with van der Waals surface area (Å²) in [5, 5.41) is 3.74. The Labute approximate surface area is 158 Å². The highest BCUT2D eigenvalue weighted by Crippen LogP contribution is 2.48. The second-order valence-electron chi connectivity index (χ2n) is 6.39. The summed E-state index contributed by atoms with van der Waals surface area (Å²) >= 11 is 6.11. The molecule has 2 aromatic carbocycles. The summed E-state index contributed by atoms with van der Waals surface area (Å²) in [5.74, 6) is 1.18. The van der Waals surface area contributed by atoms with Gasteiger partial charge in [0, 0.05) is 22.5 Å². The maximum absolute atomic E-state index is 12.7. The van der Waals surface area contributed by atoms with E-state index >= 15 is 0 Å². The lowest BCUT2D eigenvalue weighted by atomic mass is 9.96. The number of hydrogen-bond acceptors (Lipinski definition) is 4. The van der Waals surface area contributed by atoms with Crippen LogP contribution in [-0.2, 0) is 5.41 Å². The van der Waals surface area contributed by atoms with Crippen LogP contribution in [0.25, 0.3) is 0 Å². The van der Waals surface area contributed by atoms with Crippen LogP contribution in [0.2, 0.25) is 5.02 Å². The van der Waals surface area contributed by atoms with Crippen LogP contribution in [-0.4, -0.2) is 33.8 Å². The molecular formula is C20H22ClNO4. The normalized spacial score (nSPS) is 14.5. The lowest BCUT2D eigenvalue weighted by molar-refractivity contribution is 0.0949. The number of methoxy groups -OCH3 is 3. The van der Waals surface area contributed by atoms with Crippen LogP contribution < -0.4 is 19.5 Å². The Morgan fingerprint density at radius 2 is 1.73 bits per heavy atom. The summed E-state index contributed by atoms with van der Waals surface area (Å²) in [6, 6.07) is 11.1. The molecule has 138 valence electrons. The molecule has 0 aliphatic heterocycles. The van der Waals surface area contributed by atoms with Crippen LogP contribution >= 0.6 is 11.6 Å². The quantitative estimate of drug-likeness (QED) is 0.799. The summed E-state index contributed by atoms with van der Waals surface area (Å²) in [7, 11) is 4.58. The van der Waals surface area contributed by atoms with Crippen LogP contribution in [0, 0.1) is 0 Å². The number of rotatable bonds is 7. The molecule has 0 heterocycles. The Morgan fingerprint density at radius 1 is 1.08 bits per heavy atom. The molecule has 1 aliphatic rings. The molecule has 1 fully saturated rings. The highest BCUT2D eigenvalue weighted by atomic mass is 35.5. The third-order valence-electron chi connectivity index (χ3n) is 4.80. The van der Waals surface area contributed by atoms with Gasteiger partial charge in [-0.3, -0.25) is 4.79 Å². The number of halogens is 1. The van der Waals surface area contributed by atoms with E-state index < -0.39 is 0 Å². The Bertz CT molecular complexity index is 792. The predicted molar refractivity (Wildman–Crippen MR) is 101 cm³/mol. The fraction of sp³-hybridized carbons (Fsp3) is 0.350. The van der Waals surface area contributed by atoms with E-state index in [1.54, 1.807) is 12.1 Å². The average Bonchev–Trinajstić information content (AvgIpc) is 3.46. The summed E-state index contributed by atoms with van der Waals surface area (Å²) in [6.07, 6.45) is 2.06. The van der Waals surface area contributed by atoms with Crippen molar-refractivity contribution in [2.75, 3.05) is 27.9 Å². The molecule has 0 unspecified atom stereocenters. The monoisotopic (exact) mass is 375 g/mol. The zero-order valence-corrected chi connectivity index (χ0v) is 15.9. The van der Waals surface area contributed by atoms with Crippen molar-refractivity contribution in [3.8, 4) is 17.2 Å². The van der Waals surface area contributed by atoms with Crippen molar-refractivity contribution in [3.05, 3.63) is 52.5 Å². The molecule has 1 amide bonds. The average molecular weight is 376 g/mol. The number of carbonyl (C=O) groups is 1. The van der Waals surface area contributed by atoms with Gasteiger partial charge in [0.25, 0.3) is 5.91 Å². The zero-order valence-electron chi connectivity index (χ0n) is 15.1. The molecule has 26 heavy (non-hydrogen) atoms. The van der Waals surface area contributed by atoms with E-state index in [1.165, 1.54) is 21.3 Å². The van der Waals surface area contributed by atoms with Crippen molar-refractivity contribution in [2.45, 2.75) is 18.3 Å². The van der Waals surface area contributed by atoms with Crippen molar-refractivity contribution >= 4 is 17.5 Å². The smallest absolute Gasteiger partial charge is 0.251 e. The molecule has 1 N–H and O–H groups in total. The van der Waals surface area contributed by atoms with E-state index in [0.29, 0.717) is 34.4 Å².